The smallest absolute Gasteiger partial charge is 0.167 e. The number of fused-ring (bicyclic) bond motifs is 1. The van der Waals surface area contributed by atoms with Crippen molar-refractivity contribution in [1.29, 1.82) is 0 Å². The second-order valence-corrected chi connectivity index (χ2v) is 6.30. The van der Waals surface area contributed by atoms with Crippen molar-refractivity contribution in [1.82, 2.24) is 19.5 Å². The first-order valence-corrected chi connectivity index (χ1v) is 8.40. The van der Waals surface area contributed by atoms with Crippen molar-refractivity contribution < 1.29 is 25.2 Å². The van der Waals surface area contributed by atoms with Gasteiger partial charge in [-0.3, -0.25) is 4.57 Å². The van der Waals surface area contributed by atoms with Crippen molar-refractivity contribution in [2.75, 3.05) is 11.9 Å². The first-order valence-electron chi connectivity index (χ1n) is 8.40. The number of aliphatic hydroxyl groups excluding tert-OH is 3. The minimum Gasteiger partial charge on any atom is -0.508 e. The van der Waals surface area contributed by atoms with E-state index in [9.17, 15) is 20.4 Å². The van der Waals surface area contributed by atoms with Crippen LogP contribution in [0.4, 0.5) is 5.82 Å². The first kappa shape index (κ1) is 17.6. The molecule has 3 aromatic rings. The number of nitrogens with one attached hydrogen (secondary N) is 1. The van der Waals surface area contributed by atoms with Gasteiger partial charge in [0.05, 0.1) is 12.9 Å². The van der Waals surface area contributed by atoms with Crippen LogP contribution < -0.4 is 5.32 Å². The van der Waals surface area contributed by atoms with Gasteiger partial charge in [0.15, 0.2) is 23.2 Å². The second kappa shape index (κ2) is 7.08. The normalized spacial score (nSPS) is 25.1. The molecule has 0 amide bonds. The van der Waals surface area contributed by atoms with E-state index in [2.05, 4.69) is 20.3 Å². The summed E-state index contributed by atoms with van der Waals surface area (Å²) in [5.74, 6) is 0.694. The molecule has 4 atom stereocenters. The van der Waals surface area contributed by atoms with Gasteiger partial charge in [0.25, 0.3) is 0 Å². The van der Waals surface area contributed by atoms with Gasteiger partial charge in [-0.25, -0.2) is 15.0 Å². The molecule has 0 bridgehead atoms. The molecule has 1 aliphatic heterocycles. The van der Waals surface area contributed by atoms with Gasteiger partial charge in [0.2, 0.25) is 0 Å². The third kappa shape index (κ3) is 3.19. The molecule has 10 heteroatoms. The maximum Gasteiger partial charge on any atom is 0.167 e. The highest BCUT2D eigenvalue weighted by Crippen LogP contribution is 2.32. The van der Waals surface area contributed by atoms with Crippen molar-refractivity contribution >= 4 is 17.0 Å². The molecular formula is C17H19N5O5. The Labute approximate surface area is 153 Å². The Morgan fingerprint density at radius 1 is 1.07 bits per heavy atom. The van der Waals surface area contributed by atoms with Crippen molar-refractivity contribution in [2.45, 2.75) is 31.1 Å². The largest absolute Gasteiger partial charge is 0.508 e. The van der Waals surface area contributed by atoms with Gasteiger partial charge < -0.3 is 30.5 Å². The average molecular weight is 373 g/mol. The standard InChI is InChI=1S/C17H19N5O5/c23-6-11-13(25)14(26)17(27-11)22-8-21-12-15(19-7-20-16(12)22)18-5-9-1-3-10(24)4-2-9/h1-4,7-8,11,13-14,17,23-26H,5-6H2,(H,18,19,20)/t11-,13-,14-,17?/m1/s1. The fourth-order valence-corrected chi connectivity index (χ4v) is 3.08. The topological polar surface area (TPSA) is 146 Å². The van der Waals surface area contributed by atoms with Crippen LogP contribution in [0.15, 0.2) is 36.9 Å². The second-order valence-electron chi connectivity index (χ2n) is 6.30. The molecule has 10 nitrogen and oxygen atoms in total. The zero-order valence-electron chi connectivity index (χ0n) is 14.2. The van der Waals surface area contributed by atoms with Crippen molar-refractivity contribution in [2.24, 2.45) is 0 Å². The lowest BCUT2D eigenvalue weighted by molar-refractivity contribution is -0.0511. The van der Waals surface area contributed by atoms with Gasteiger partial charge >= 0.3 is 0 Å². The summed E-state index contributed by atoms with van der Waals surface area (Å²) < 4.78 is 7.04. The molecule has 4 rings (SSSR count). The highest BCUT2D eigenvalue weighted by atomic mass is 16.6. The minimum atomic E-state index is -1.22. The molecule has 0 radical (unpaired) electrons. The van der Waals surface area contributed by atoms with E-state index in [0.717, 1.165) is 5.56 Å². The van der Waals surface area contributed by atoms with Crippen LogP contribution in [-0.2, 0) is 11.3 Å². The number of aliphatic hydroxyl groups is 3. The van der Waals surface area contributed by atoms with Gasteiger partial charge in [-0.05, 0) is 17.7 Å². The fourth-order valence-electron chi connectivity index (χ4n) is 3.08. The zero-order chi connectivity index (χ0) is 19.0. The number of benzene rings is 1. The maximum atomic E-state index is 10.2. The molecule has 5 N–H and O–H groups in total. The highest BCUT2D eigenvalue weighted by molar-refractivity contribution is 5.82. The Hall–Kier alpha value is -2.79. The van der Waals surface area contributed by atoms with Crippen LogP contribution in [0.25, 0.3) is 11.2 Å². The summed E-state index contributed by atoms with van der Waals surface area (Å²) in [6, 6.07) is 6.78. The molecule has 27 heavy (non-hydrogen) atoms. The average Bonchev–Trinajstić information content (AvgIpc) is 3.23. The summed E-state index contributed by atoms with van der Waals surface area (Å²) in [4.78, 5) is 12.7. The third-order valence-electron chi connectivity index (χ3n) is 4.55. The summed E-state index contributed by atoms with van der Waals surface area (Å²) in [6.45, 7) is 0.0584. The molecule has 142 valence electrons. The first-order chi connectivity index (χ1) is 13.1. The van der Waals surface area contributed by atoms with E-state index in [4.69, 9.17) is 4.74 Å². The Morgan fingerprint density at radius 2 is 1.85 bits per heavy atom. The Bertz CT molecular complexity index is 931. The number of aromatic hydroxyl groups is 1. The molecule has 1 aliphatic rings. The van der Waals surface area contributed by atoms with Crippen molar-refractivity contribution in [3.63, 3.8) is 0 Å². The molecular weight excluding hydrogens is 354 g/mol. The fraction of sp³-hybridized carbons (Fsp3) is 0.353. The van der Waals surface area contributed by atoms with Crippen LogP contribution in [0.5, 0.6) is 5.75 Å². The van der Waals surface area contributed by atoms with Gasteiger partial charge in [-0.15, -0.1) is 0 Å². The van der Waals surface area contributed by atoms with Gasteiger partial charge in [-0.1, -0.05) is 12.1 Å². The van der Waals surface area contributed by atoms with E-state index in [-0.39, 0.29) is 5.75 Å². The van der Waals surface area contributed by atoms with E-state index in [1.165, 1.54) is 17.2 Å². The van der Waals surface area contributed by atoms with Crippen molar-refractivity contribution in [3.05, 3.63) is 42.5 Å². The van der Waals surface area contributed by atoms with Crippen LogP contribution in [0.2, 0.25) is 0 Å². The highest BCUT2D eigenvalue weighted by Gasteiger charge is 2.44. The van der Waals surface area contributed by atoms with Gasteiger partial charge in [0.1, 0.15) is 30.4 Å². The maximum absolute atomic E-state index is 10.2. The van der Waals surface area contributed by atoms with E-state index >= 15 is 0 Å². The van der Waals surface area contributed by atoms with Crippen LogP contribution in [0.1, 0.15) is 11.8 Å². The number of hydrogen-bond donors (Lipinski definition) is 5. The predicted octanol–water partition coefficient (Wildman–Crippen LogP) is -0.245. The van der Waals surface area contributed by atoms with E-state index in [1.807, 2.05) is 0 Å². The molecule has 2 aromatic heterocycles. The molecule has 0 aliphatic carbocycles. The van der Waals surface area contributed by atoms with Crippen molar-refractivity contribution in [3.8, 4) is 5.75 Å². The number of hydrogen-bond acceptors (Lipinski definition) is 9. The van der Waals surface area contributed by atoms with E-state index < -0.39 is 31.1 Å². The summed E-state index contributed by atoms with van der Waals surface area (Å²) in [5, 5.41) is 41.9. The van der Waals surface area contributed by atoms with Crippen LogP contribution in [0.3, 0.4) is 0 Å². The molecule has 0 saturated carbocycles. The Balaban J connectivity index is 1.59. The number of ether oxygens (including phenoxy) is 1. The number of anilines is 1. The Kier molecular flexibility index (Phi) is 4.62. The molecule has 3 heterocycles. The summed E-state index contributed by atoms with van der Waals surface area (Å²) in [6.07, 6.45) is -1.40. The zero-order valence-corrected chi connectivity index (χ0v) is 14.2. The molecule has 1 unspecified atom stereocenters. The SMILES string of the molecule is OC[C@H]1OC(n2cnc3c(NCc4ccc(O)cc4)ncnc32)[C@H](O)[C@@H]1O. The molecule has 1 fully saturated rings. The van der Waals surface area contributed by atoms with Crippen LogP contribution >= 0.6 is 0 Å². The molecule has 1 saturated heterocycles. The van der Waals surface area contributed by atoms with E-state index in [1.54, 1.807) is 24.3 Å². The number of rotatable bonds is 5. The minimum absolute atomic E-state index is 0.195. The quantitative estimate of drug-likeness (QED) is 0.409. The lowest BCUT2D eigenvalue weighted by Crippen LogP contribution is -2.33. The number of nitrogens with zero attached hydrogens (tertiary/aromatic N) is 4. The van der Waals surface area contributed by atoms with Gasteiger partial charge in [-0.2, -0.15) is 0 Å². The lowest BCUT2D eigenvalue weighted by Gasteiger charge is -2.16. The molecule has 1 aromatic carbocycles. The van der Waals surface area contributed by atoms with Crippen LogP contribution in [0, 0.1) is 0 Å². The lowest BCUT2D eigenvalue weighted by atomic mass is 10.1. The molecule has 0 spiro atoms. The number of imidazole rings is 1. The number of aromatic nitrogens is 4. The van der Waals surface area contributed by atoms with Gasteiger partial charge in [0, 0.05) is 6.54 Å². The summed E-state index contributed by atoms with van der Waals surface area (Å²) in [5.41, 5.74) is 1.85. The van der Waals surface area contributed by atoms with E-state index in [0.29, 0.717) is 23.5 Å². The predicted molar refractivity (Wildman–Crippen MR) is 93.8 cm³/mol. The Morgan fingerprint density at radius 3 is 2.56 bits per heavy atom. The third-order valence-corrected chi connectivity index (χ3v) is 4.55. The van der Waals surface area contributed by atoms with Crippen LogP contribution in [-0.4, -0.2) is 64.9 Å². The number of phenols is 1. The number of phenolic OH excluding ortho intramolecular Hbond substituents is 1. The summed E-state index contributed by atoms with van der Waals surface area (Å²) in [7, 11) is 0. The summed E-state index contributed by atoms with van der Waals surface area (Å²) >= 11 is 0. The monoisotopic (exact) mass is 373 g/mol.